The first-order valence-electron chi connectivity index (χ1n) is 8.54. The van der Waals surface area contributed by atoms with Gasteiger partial charge in [0.05, 0.1) is 16.8 Å². The minimum absolute atomic E-state index is 0.0149. The molecule has 0 saturated carbocycles. The summed E-state index contributed by atoms with van der Waals surface area (Å²) < 4.78 is 25.7. The third-order valence-electron chi connectivity index (χ3n) is 4.51. The molecule has 7 nitrogen and oxygen atoms in total. The molecule has 0 radical (unpaired) electrons. The molecular weight excluding hydrogens is 383 g/mol. The van der Waals surface area contributed by atoms with E-state index in [1.54, 1.807) is 13.1 Å². The van der Waals surface area contributed by atoms with Crippen molar-refractivity contribution in [2.75, 3.05) is 11.9 Å². The predicted molar refractivity (Wildman–Crippen MR) is 105 cm³/mol. The Bertz CT molecular complexity index is 1080. The van der Waals surface area contributed by atoms with E-state index in [9.17, 15) is 9.18 Å². The number of carbonyl (C=O) groups excluding carboxylic acids is 1. The number of carbonyl (C=O) groups is 1. The molecule has 28 heavy (non-hydrogen) atoms. The summed E-state index contributed by atoms with van der Waals surface area (Å²) in [5.41, 5.74) is 5.46. The van der Waals surface area contributed by atoms with Crippen LogP contribution in [0.4, 0.5) is 14.9 Å². The number of fused-ring (bicyclic) bond motifs is 1. The zero-order chi connectivity index (χ0) is 19.7. The quantitative estimate of drug-likeness (QED) is 0.692. The molecule has 9 heteroatoms. The lowest BCUT2D eigenvalue weighted by Gasteiger charge is -2.30. The molecule has 2 aromatic heterocycles. The number of amides is 1. The lowest BCUT2D eigenvalue weighted by molar-refractivity contribution is 0.213. The maximum Gasteiger partial charge on any atom is 0.418 e. The minimum atomic E-state index is -0.877. The first-order valence-corrected chi connectivity index (χ1v) is 9.42. The molecule has 1 aliphatic rings. The van der Waals surface area contributed by atoms with Crippen molar-refractivity contribution in [1.82, 2.24) is 4.98 Å². The number of benzene rings is 1. The second kappa shape index (κ2) is 7.08. The summed E-state index contributed by atoms with van der Waals surface area (Å²) in [5, 5.41) is 5.44. The Morgan fingerprint density at radius 1 is 1.39 bits per heavy atom. The van der Waals surface area contributed by atoms with E-state index in [-0.39, 0.29) is 11.9 Å². The number of ether oxygens (including phenoxy) is 2. The van der Waals surface area contributed by atoms with Crippen molar-refractivity contribution in [2.45, 2.75) is 18.9 Å². The summed E-state index contributed by atoms with van der Waals surface area (Å²) >= 11 is 1.43. The van der Waals surface area contributed by atoms with Crippen LogP contribution in [0.2, 0.25) is 0 Å². The molecule has 0 saturated heterocycles. The molecule has 0 aliphatic carbocycles. The molecule has 0 bridgehead atoms. The Labute approximate surface area is 164 Å². The maximum absolute atomic E-state index is 14.4. The SMILES string of the molecule is C[C@@]1(c2cc(NC(=O)Oc3nccc4ccsc34)ccc2F)CCOC(N)=N1. The van der Waals surface area contributed by atoms with Gasteiger partial charge in [0.15, 0.2) is 0 Å². The zero-order valence-electron chi connectivity index (χ0n) is 14.9. The topological polar surface area (TPSA) is 98.8 Å². The Morgan fingerprint density at radius 2 is 2.25 bits per heavy atom. The average molecular weight is 400 g/mol. The standard InChI is InChI=1S/C19H17FN4O3S/c1-19(6-8-26-17(21)24-19)13-10-12(2-3-14(13)20)23-18(25)27-16-15-11(4-7-22-16)5-9-28-15/h2-5,7,9-10H,6,8H2,1H3,(H2,21,24)(H,23,25)/t19-/m0/s1. The van der Waals surface area contributed by atoms with Crippen molar-refractivity contribution < 1.29 is 18.7 Å². The van der Waals surface area contributed by atoms with Crippen LogP contribution in [0, 0.1) is 5.82 Å². The van der Waals surface area contributed by atoms with Crippen LogP contribution in [0.3, 0.4) is 0 Å². The zero-order valence-corrected chi connectivity index (χ0v) is 15.8. The third-order valence-corrected chi connectivity index (χ3v) is 5.43. The van der Waals surface area contributed by atoms with Gasteiger partial charge >= 0.3 is 6.09 Å². The average Bonchev–Trinajstić information content (AvgIpc) is 3.13. The van der Waals surface area contributed by atoms with Gasteiger partial charge in [-0.15, -0.1) is 11.3 Å². The van der Waals surface area contributed by atoms with Crippen molar-refractivity contribution in [3.05, 3.63) is 53.3 Å². The Morgan fingerprint density at radius 3 is 3.07 bits per heavy atom. The van der Waals surface area contributed by atoms with Crippen LogP contribution in [-0.4, -0.2) is 23.7 Å². The molecular formula is C19H17FN4O3S. The van der Waals surface area contributed by atoms with E-state index in [0.29, 0.717) is 24.3 Å². The largest absolute Gasteiger partial charge is 0.465 e. The fourth-order valence-electron chi connectivity index (χ4n) is 3.07. The van der Waals surface area contributed by atoms with Crippen molar-refractivity contribution in [1.29, 1.82) is 0 Å². The number of halogens is 1. The lowest BCUT2D eigenvalue weighted by atomic mass is 9.88. The van der Waals surface area contributed by atoms with Gasteiger partial charge < -0.3 is 15.2 Å². The van der Waals surface area contributed by atoms with Gasteiger partial charge in [0.25, 0.3) is 6.02 Å². The van der Waals surface area contributed by atoms with Crippen molar-refractivity contribution >= 4 is 39.2 Å². The second-order valence-corrected chi connectivity index (χ2v) is 7.40. The maximum atomic E-state index is 14.4. The molecule has 1 aromatic carbocycles. The number of aromatic nitrogens is 1. The van der Waals surface area contributed by atoms with Crippen molar-refractivity contribution in [3.63, 3.8) is 0 Å². The Balaban J connectivity index is 1.56. The molecule has 0 unspecified atom stereocenters. The number of thiophene rings is 1. The van der Waals surface area contributed by atoms with E-state index >= 15 is 0 Å². The molecule has 3 N–H and O–H groups in total. The second-order valence-electron chi connectivity index (χ2n) is 6.49. The van der Waals surface area contributed by atoms with Gasteiger partial charge in [0.2, 0.25) is 5.88 Å². The molecule has 1 atom stereocenters. The van der Waals surface area contributed by atoms with Crippen molar-refractivity contribution in [2.24, 2.45) is 10.7 Å². The highest BCUT2D eigenvalue weighted by molar-refractivity contribution is 7.17. The van der Waals surface area contributed by atoms with Crippen LogP contribution in [0.15, 0.2) is 46.9 Å². The Hall–Kier alpha value is -3.20. The van der Waals surface area contributed by atoms with E-state index in [1.807, 2.05) is 17.5 Å². The number of nitrogens with two attached hydrogens (primary N) is 1. The van der Waals surface area contributed by atoms with Crippen LogP contribution in [-0.2, 0) is 10.3 Å². The Kier molecular flexibility index (Phi) is 4.60. The van der Waals surface area contributed by atoms with Crippen LogP contribution in [0.1, 0.15) is 18.9 Å². The minimum Gasteiger partial charge on any atom is -0.465 e. The number of pyridine rings is 1. The van der Waals surface area contributed by atoms with Crippen LogP contribution < -0.4 is 15.8 Å². The van der Waals surface area contributed by atoms with E-state index < -0.39 is 17.4 Å². The van der Waals surface area contributed by atoms with E-state index in [1.165, 1.54) is 29.5 Å². The summed E-state index contributed by atoms with van der Waals surface area (Å²) in [6, 6.07) is 8.02. The fourth-order valence-corrected chi connectivity index (χ4v) is 3.89. The van der Waals surface area contributed by atoms with E-state index in [4.69, 9.17) is 15.2 Å². The predicted octanol–water partition coefficient (Wildman–Crippen LogP) is 4.00. The molecule has 1 aliphatic heterocycles. The number of aliphatic imine (C=N–C) groups is 1. The number of amidine groups is 1. The van der Waals surface area contributed by atoms with Gasteiger partial charge in [-0.25, -0.2) is 19.2 Å². The summed E-state index contributed by atoms with van der Waals surface area (Å²) in [5.74, 6) is -0.217. The van der Waals surface area contributed by atoms with Crippen molar-refractivity contribution in [3.8, 4) is 5.88 Å². The molecule has 0 fully saturated rings. The highest BCUT2D eigenvalue weighted by Crippen LogP contribution is 2.35. The third kappa shape index (κ3) is 3.48. The fraction of sp³-hybridized carbons (Fsp3) is 0.211. The van der Waals surface area contributed by atoms with Gasteiger partial charge in [0.1, 0.15) is 5.82 Å². The first kappa shape index (κ1) is 18.2. The highest BCUT2D eigenvalue weighted by Gasteiger charge is 2.33. The smallest absolute Gasteiger partial charge is 0.418 e. The molecule has 3 heterocycles. The number of rotatable bonds is 3. The van der Waals surface area contributed by atoms with Crippen LogP contribution in [0.25, 0.3) is 10.1 Å². The van der Waals surface area contributed by atoms with Crippen LogP contribution in [0.5, 0.6) is 5.88 Å². The van der Waals surface area contributed by atoms with Gasteiger partial charge in [0, 0.05) is 23.9 Å². The summed E-state index contributed by atoms with van der Waals surface area (Å²) in [6.07, 6.45) is 1.32. The number of hydrogen-bond acceptors (Lipinski definition) is 7. The summed E-state index contributed by atoms with van der Waals surface area (Å²) in [6.45, 7) is 2.10. The van der Waals surface area contributed by atoms with Crippen LogP contribution >= 0.6 is 11.3 Å². The first-order chi connectivity index (χ1) is 13.4. The number of nitrogens with zero attached hydrogens (tertiary/aromatic N) is 2. The molecule has 0 spiro atoms. The van der Waals surface area contributed by atoms with E-state index in [2.05, 4.69) is 15.3 Å². The van der Waals surface area contributed by atoms with Gasteiger partial charge in [-0.2, -0.15) is 0 Å². The van der Waals surface area contributed by atoms with Gasteiger partial charge in [-0.3, -0.25) is 5.32 Å². The molecule has 3 aromatic rings. The summed E-state index contributed by atoms with van der Waals surface area (Å²) in [4.78, 5) is 20.7. The number of anilines is 1. The molecule has 144 valence electrons. The van der Waals surface area contributed by atoms with E-state index in [0.717, 1.165) is 10.1 Å². The molecule has 4 rings (SSSR count). The van der Waals surface area contributed by atoms with Gasteiger partial charge in [-0.1, -0.05) is 0 Å². The number of hydrogen-bond donors (Lipinski definition) is 2. The van der Waals surface area contributed by atoms with Gasteiger partial charge in [-0.05, 0) is 48.0 Å². The summed E-state index contributed by atoms with van der Waals surface area (Å²) in [7, 11) is 0. The highest BCUT2D eigenvalue weighted by atomic mass is 32.1. The number of nitrogens with one attached hydrogen (secondary N) is 1. The lowest BCUT2D eigenvalue weighted by Crippen LogP contribution is -2.34. The molecule has 1 amide bonds. The monoisotopic (exact) mass is 400 g/mol. The normalized spacial score (nSPS) is 19.0.